The van der Waals surface area contributed by atoms with Crippen LogP contribution in [0.25, 0.3) is 0 Å². The first-order valence-corrected chi connectivity index (χ1v) is 7.00. The molecule has 118 valence electrons. The van der Waals surface area contributed by atoms with E-state index in [1.54, 1.807) is 37.4 Å². The fraction of sp³-hybridized carbons (Fsp3) is 0.375. The van der Waals surface area contributed by atoms with E-state index in [0.717, 1.165) is 28.4 Å². The lowest BCUT2D eigenvalue weighted by atomic mass is 10.00. The van der Waals surface area contributed by atoms with Gasteiger partial charge in [0.05, 0.1) is 13.7 Å². The third-order valence-corrected chi connectivity index (χ3v) is 3.60. The average Bonchev–Trinajstić information content (AvgIpc) is 2.85. The summed E-state index contributed by atoms with van der Waals surface area (Å²) in [6.45, 7) is 4.23. The molecule has 0 bridgehead atoms. The van der Waals surface area contributed by atoms with Gasteiger partial charge in [0.1, 0.15) is 17.6 Å². The summed E-state index contributed by atoms with van der Waals surface area (Å²) < 4.78 is 5.17. The van der Waals surface area contributed by atoms with Crippen LogP contribution < -0.4 is 4.74 Å². The number of benzene rings is 1. The van der Waals surface area contributed by atoms with Crippen LogP contribution in [0.15, 0.2) is 24.4 Å². The molecule has 1 heterocycles. The number of nitrogens with zero attached hydrogens (tertiary/aromatic N) is 2. The Morgan fingerprint density at radius 2 is 2.18 bits per heavy atom. The van der Waals surface area contributed by atoms with Crippen molar-refractivity contribution in [2.24, 2.45) is 0 Å². The molecule has 1 atom stereocenters. The largest absolute Gasteiger partial charge is 0.497 e. The lowest BCUT2D eigenvalue weighted by Crippen LogP contribution is -2.31. The van der Waals surface area contributed by atoms with Crippen LogP contribution in [0.5, 0.6) is 5.75 Å². The van der Waals surface area contributed by atoms with Gasteiger partial charge in [-0.1, -0.05) is 6.07 Å². The van der Waals surface area contributed by atoms with Crippen molar-refractivity contribution in [2.75, 3.05) is 14.2 Å². The summed E-state index contributed by atoms with van der Waals surface area (Å²) in [5.74, 6) is 0.575. The lowest BCUT2D eigenvalue weighted by Gasteiger charge is -2.25. The van der Waals surface area contributed by atoms with Gasteiger partial charge in [0.2, 0.25) is 0 Å². The zero-order valence-electron chi connectivity index (χ0n) is 13.3. The van der Waals surface area contributed by atoms with Crippen molar-refractivity contribution in [3.63, 3.8) is 0 Å². The molecule has 0 radical (unpaired) electrons. The van der Waals surface area contributed by atoms with E-state index in [4.69, 9.17) is 4.74 Å². The number of nitrogens with one attached hydrogen (secondary N) is 1. The molecule has 2 rings (SSSR count). The first-order valence-electron chi connectivity index (χ1n) is 7.00. The highest BCUT2D eigenvalue weighted by atomic mass is 16.5. The number of imidazole rings is 1. The van der Waals surface area contributed by atoms with E-state index in [1.165, 1.54) is 0 Å². The maximum absolute atomic E-state index is 11.7. The molecular formula is C16H21N3O3. The highest BCUT2D eigenvalue weighted by Gasteiger charge is 2.27. The van der Waals surface area contributed by atoms with Gasteiger partial charge in [-0.3, -0.25) is 9.69 Å². The van der Waals surface area contributed by atoms with Gasteiger partial charge in [-0.2, -0.15) is 0 Å². The van der Waals surface area contributed by atoms with E-state index in [1.807, 2.05) is 19.9 Å². The highest BCUT2D eigenvalue weighted by molar-refractivity contribution is 5.76. The molecule has 0 aliphatic carbocycles. The Morgan fingerprint density at radius 3 is 2.68 bits per heavy atom. The topological polar surface area (TPSA) is 78.5 Å². The van der Waals surface area contributed by atoms with Gasteiger partial charge in [-0.15, -0.1) is 0 Å². The predicted molar refractivity (Wildman–Crippen MR) is 82.9 cm³/mol. The molecule has 6 nitrogen and oxygen atoms in total. The highest BCUT2D eigenvalue weighted by Crippen LogP contribution is 2.27. The number of H-pyrrole nitrogens is 1. The molecule has 0 aliphatic rings. The van der Waals surface area contributed by atoms with Crippen LogP contribution in [0.2, 0.25) is 0 Å². The molecular weight excluding hydrogens is 282 g/mol. The number of rotatable bonds is 6. The molecule has 1 aromatic heterocycles. The third-order valence-electron chi connectivity index (χ3n) is 3.60. The normalized spacial score (nSPS) is 12.4. The molecule has 0 unspecified atom stereocenters. The van der Waals surface area contributed by atoms with Crippen LogP contribution in [-0.2, 0) is 11.3 Å². The maximum atomic E-state index is 11.7. The Morgan fingerprint density at radius 1 is 1.45 bits per heavy atom. The summed E-state index contributed by atoms with van der Waals surface area (Å²) in [6, 6.07) is 4.69. The fourth-order valence-electron chi connectivity index (χ4n) is 2.52. The number of likely N-dealkylation sites (N-methyl/N-ethyl adjacent to an activating group) is 1. The maximum Gasteiger partial charge on any atom is 0.325 e. The van der Waals surface area contributed by atoms with Gasteiger partial charge in [-0.05, 0) is 44.2 Å². The lowest BCUT2D eigenvalue weighted by molar-refractivity contribution is -0.143. The molecule has 0 fully saturated rings. The van der Waals surface area contributed by atoms with E-state index < -0.39 is 12.0 Å². The van der Waals surface area contributed by atoms with Gasteiger partial charge >= 0.3 is 5.97 Å². The summed E-state index contributed by atoms with van der Waals surface area (Å²) in [5.41, 5.74) is 2.59. The molecule has 0 spiro atoms. The summed E-state index contributed by atoms with van der Waals surface area (Å²) in [4.78, 5) is 20.8. The molecule has 6 heteroatoms. The number of methoxy groups -OCH3 is 1. The van der Waals surface area contributed by atoms with Crippen LogP contribution in [0.3, 0.4) is 0 Å². The summed E-state index contributed by atoms with van der Waals surface area (Å²) in [5, 5.41) is 9.63. The number of aromatic nitrogens is 2. The number of hydrogen-bond donors (Lipinski definition) is 2. The van der Waals surface area contributed by atoms with E-state index in [0.29, 0.717) is 6.54 Å². The van der Waals surface area contributed by atoms with E-state index >= 15 is 0 Å². The summed E-state index contributed by atoms with van der Waals surface area (Å²) >= 11 is 0. The Labute approximate surface area is 129 Å². The molecule has 2 N–H and O–H groups in total. The van der Waals surface area contributed by atoms with Gasteiger partial charge < -0.3 is 14.8 Å². The number of carboxylic acid groups (broad SMARTS) is 1. The number of aryl methyl sites for hydroxylation is 2. The number of hydrogen-bond acceptors (Lipinski definition) is 4. The monoisotopic (exact) mass is 303 g/mol. The second-order valence-corrected chi connectivity index (χ2v) is 5.39. The number of aromatic amines is 1. The smallest absolute Gasteiger partial charge is 0.325 e. The summed E-state index contributed by atoms with van der Waals surface area (Å²) in [7, 11) is 3.37. The van der Waals surface area contributed by atoms with Crippen LogP contribution in [0.4, 0.5) is 0 Å². The van der Waals surface area contributed by atoms with Gasteiger partial charge in [0.25, 0.3) is 0 Å². The second-order valence-electron chi connectivity index (χ2n) is 5.39. The summed E-state index contributed by atoms with van der Waals surface area (Å²) in [6.07, 6.45) is 1.73. The van der Waals surface area contributed by atoms with Crippen LogP contribution in [-0.4, -0.2) is 40.1 Å². The van der Waals surface area contributed by atoms with E-state index in [9.17, 15) is 9.90 Å². The van der Waals surface area contributed by atoms with Crippen molar-refractivity contribution in [3.05, 3.63) is 47.0 Å². The molecule has 22 heavy (non-hydrogen) atoms. The third kappa shape index (κ3) is 3.46. The predicted octanol–water partition coefficient (Wildman–Crippen LogP) is 2.29. The van der Waals surface area contributed by atoms with Crippen LogP contribution in [0.1, 0.15) is 28.7 Å². The van der Waals surface area contributed by atoms with Crippen molar-refractivity contribution in [2.45, 2.75) is 26.4 Å². The molecule has 0 saturated carbocycles. The quantitative estimate of drug-likeness (QED) is 0.856. The van der Waals surface area contributed by atoms with Gasteiger partial charge in [-0.25, -0.2) is 4.98 Å². The Hall–Kier alpha value is -2.34. The Kier molecular flexibility index (Phi) is 4.82. The molecule has 0 saturated heterocycles. The standard InChI is InChI=1S/C16H21N3O3/c1-10-7-12(22-4)5-6-13(10)15(16(20)21)19(3)9-14-17-8-11(2)18-14/h5-8,15H,9H2,1-4H3,(H,17,18)(H,20,21)/t15-/m1/s1. The average molecular weight is 303 g/mol. The van der Waals surface area contributed by atoms with Crippen LogP contribution in [0, 0.1) is 13.8 Å². The zero-order valence-corrected chi connectivity index (χ0v) is 13.3. The van der Waals surface area contributed by atoms with Crippen molar-refractivity contribution in [1.29, 1.82) is 0 Å². The van der Waals surface area contributed by atoms with Crippen molar-refractivity contribution in [3.8, 4) is 5.75 Å². The SMILES string of the molecule is COc1ccc([C@H](C(=O)O)N(C)Cc2ncc(C)[nH]2)c(C)c1. The number of ether oxygens (including phenoxy) is 1. The Balaban J connectivity index is 2.27. The van der Waals surface area contributed by atoms with E-state index in [2.05, 4.69) is 9.97 Å². The van der Waals surface area contributed by atoms with E-state index in [-0.39, 0.29) is 0 Å². The Bertz CT molecular complexity index is 666. The number of carbonyl (C=O) groups is 1. The minimum Gasteiger partial charge on any atom is -0.497 e. The first-order chi connectivity index (χ1) is 10.4. The molecule has 1 aromatic carbocycles. The van der Waals surface area contributed by atoms with Crippen molar-refractivity contribution < 1.29 is 14.6 Å². The first kappa shape index (κ1) is 16.0. The molecule has 2 aromatic rings. The van der Waals surface area contributed by atoms with Gasteiger partial charge in [0, 0.05) is 11.9 Å². The zero-order chi connectivity index (χ0) is 16.3. The number of carboxylic acids is 1. The van der Waals surface area contributed by atoms with Gasteiger partial charge in [0.15, 0.2) is 0 Å². The van der Waals surface area contributed by atoms with Crippen LogP contribution >= 0.6 is 0 Å². The number of aliphatic carboxylic acids is 1. The van der Waals surface area contributed by atoms with Crippen molar-refractivity contribution in [1.82, 2.24) is 14.9 Å². The van der Waals surface area contributed by atoms with Crippen molar-refractivity contribution >= 4 is 5.97 Å². The molecule has 0 aliphatic heterocycles. The fourth-order valence-corrected chi connectivity index (χ4v) is 2.52. The second kappa shape index (κ2) is 6.62. The minimum absolute atomic E-state index is 0.427. The minimum atomic E-state index is -0.890. The molecule has 0 amide bonds.